The Hall–Kier alpha value is -3.46. The number of hydrogen-bond acceptors (Lipinski definition) is 7. The number of esters is 1. The molecule has 0 aliphatic carbocycles. The minimum atomic E-state index is -0.773. The van der Waals surface area contributed by atoms with Crippen molar-refractivity contribution in [1.82, 2.24) is 19.6 Å². The number of rotatable bonds is 6. The topological polar surface area (TPSA) is 105 Å². The van der Waals surface area contributed by atoms with Gasteiger partial charge in [0.2, 0.25) is 0 Å². The van der Waals surface area contributed by atoms with Crippen LogP contribution in [0.25, 0.3) is 5.76 Å². The Bertz CT molecular complexity index is 1180. The van der Waals surface area contributed by atoms with Gasteiger partial charge >= 0.3 is 5.97 Å². The first-order valence-corrected chi connectivity index (χ1v) is 11.9. The van der Waals surface area contributed by atoms with E-state index < -0.39 is 23.7 Å². The second-order valence-corrected chi connectivity index (χ2v) is 9.18. The van der Waals surface area contributed by atoms with Gasteiger partial charge < -0.3 is 19.6 Å². The molecule has 1 atom stereocenters. The quantitative estimate of drug-likeness (QED) is 0.293. The molecule has 3 heterocycles. The summed E-state index contributed by atoms with van der Waals surface area (Å²) in [6, 6.07) is 5.84. The molecule has 2 saturated heterocycles. The number of amides is 1. The Labute approximate surface area is 205 Å². The first kappa shape index (κ1) is 24.7. The number of aromatic nitrogens is 2. The Morgan fingerprint density at radius 1 is 1.09 bits per heavy atom. The Morgan fingerprint density at radius 2 is 1.74 bits per heavy atom. The number of ketones is 1. The standard InChI is InChI=1S/C26H32N4O5/c1-16-20(17(2)28(3)27-16)23(31)21-22(18-8-10-19(11-9-18)26(34)35-4)30(25(33)24(21)32)15-14-29-12-6-5-7-13-29/h8-11,22,31H,5-7,12-15H2,1-4H3/b23-21+. The van der Waals surface area contributed by atoms with Crippen LogP contribution < -0.4 is 0 Å². The summed E-state index contributed by atoms with van der Waals surface area (Å²) in [7, 11) is 3.07. The fraction of sp³-hybridized carbons (Fsp3) is 0.462. The van der Waals surface area contributed by atoms with E-state index in [1.165, 1.54) is 18.4 Å². The molecule has 2 aromatic rings. The Kier molecular flexibility index (Phi) is 7.07. The summed E-state index contributed by atoms with van der Waals surface area (Å²) < 4.78 is 6.42. The van der Waals surface area contributed by atoms with Gasteiger partial charge in [0.1, 0.15) is 5.76 Å². The van der Waals surface area contributed by atoms with Crippen molar-refractivity contribution in [3.8, 4) is 0 Å². The van der Waals surface area contributed by atoms with Gasteiger partial charge in [0.15, 0.2) is 0 Å². The average Bonchev–Trinajstić information content (AvgIpc) is 3.27. The van der Waals surface area contributed by atoms with E-state index in [2.05, 4.69) is 10.00 Å². The third-order valence-corrected chi connectivity index (χ3v) is 7.04. The molecule has 2 aliphatic rings. The number of hydrogen-bond donors (Lipinski definition) is 1. The van der Waals surface area contributed by atoms with Gasteiger partial charge in [-0.05, 0) is 57.5 Å². The number of carbonyl (C=O) groups is 3. The minimum Gasteiger partial charge on any atom is -0.507 e. The highest BCUT2D eigenvalue weighted by atomic mass is 16.5. The number of ether oxygens (including phenoxy) is 1. The van der Waals surface area contributed by atoms with Crippen LogP contribution in [0.4, 0.5) is 0 Å². The summed E-state index contributed by atoms with van der Waals surface area (Å²) >= 11 is 0. The Balaban J connectivity index is 1.78. The molecule has 35 heavy (non-hydrogen) atoms. The van der Waals surface area contributed by atoms with E-state index in [9.17, 15) is 19.5 Å². The number of nitrogens with zero attached hydrogens (tertiary/aromatic N) is 4. The van der Waals surface area contributed by atoms with Gasteiger partial charge in [-0.15, -0.1) is 0 Å². The number of aliphatic hydroxyl groups is 1. The predicted molar refractivity (Wildman–Crippen MR) is 130 cm³/mol. The van der Waals surface area contributed by atoms with Crippen LogP contribution in [0.3, 0.4) is 0 Å². The number of piperidine rings is 1. The summed E-state index contributed by atoms with van der Waals surface area (Å²) in [5.74, 6) is -2.05. The molecular weight excluding hydrogens is 448 g/mol. The fourth-order valence-corrected chi connectivity index (χ4v) is 5.06. The highest BCUT2D eigenvalue weighted by molar-refractivity contribution is 6.46. The number of Topliss-reactive ketones (excluding diaryl/α,β-unsaturated/α-hetero) is 1. The molecule has 0 spiro atoms. The molecule has 9 heteroatoms. The maximum Gasteiger partial charge on any atom is 0.337 e. The molecule has 1 aromatic heterocycles. The van der Waals surface area contributed by atoms with E-state index in [4.69, 9.17) is 4.74 Å². The Morgan fingerprint density at radius 3 is 2.31 bits per heavy atom. The van der Waals surface area contributed by atoms with Gasteiger partial charge in [0, 0.05) is 25.8 Å². The first-order chi connectivity index (χ1) is 16.7. The van der Waals surface area contributed by atoms with E-state index in [0.717, 1.165) is 25.9 Å². The van der Waals surface area contributed by atoms with Crippen molar-refractivity contribution in [2.45, 2.75) is 39.2 Å². The maximum absolute atomic E-state index is 13.3. The summed E-state index contributed by atoms with van der Waals surface area (Å²) in [5, 5.41) is 15.7. The normalized spacial score (nSPS) is 20.5. The van der Waals surface area contributed by atoms with Crippen LogP contribution >= 0.6 is 0 Å². The molecule has 1 aromatic carbocycles. The number of carbonyl (C=O) groups excluding carboxylic acids is 3. The smallest absolute Gasteiger partial charge is 0.337 e. The minimum absolute atomic E-state index is 0.0404. The van der Waals surface area contributed by atoms with Gasteiger partial charge in [0.25, 0.3) is 11.7 Å². The molecule has 0 bridgehead atoms. The number of aryl methyl sites for hydroxylation is 2. The molecule has 0 saturated carbocycles. The van der Waals surface area contributed by atoms with E-state index >= 15 is 0 Å². The maximum atomic E-state index is 13.3. The van der Waals surface area contributed by atoms with E-state index in [-0.39, 0.29) is 11.3 Å². The second-order valence-electron chi connectivity index (χ2n) is 9.18. The number of benzene rings is 1. The van der Waals surface area contributed by atoms with Gasteiger partial charge in [0.05, 0.1) is 35.5 Å². The van der Waals surface area contributed by atoms with Crippen LogP contribution in [-0.2, 0) is 21.4 Å². The summed E-state index contributed by atoms with van der Waals surface area (Å²) in [5.41, 5.74) is 2.76. The summed E-state index contributed by atoms with van der Waals surface area (Å²) in [6.07, 6.45) is 3.45. The first-order valence-electron chi connectivity index (χ1n) is 11.9. The van der Waals surface area contributed by atoms with E-state index in [0.29, 0.717) is 41.2 Å². The predicted octanol–water partition coefficient (Wildman–Crippen LogP) is 2.73. The largest absolute Gasteiger partial charge is 0.507 e. The van der Waals surface area contributed by atoms with Crippen molar-refractivity contribution in [2.24, 2.45) is 7.05 Å². The van der Waals surface area contributed by atoms with Gasteiger partial charge in [-0.1, -0.05) is 18.6 Å². The monoisotopic (exact) mass is 480 g/mol. The third-order valence-electron chi connectivity index (χ3n) is 7.04. The molecule has 4 rings (SSSR count). The molecule has 1 N–H and O–H groups in total. The van der Waals surface area contributed by atoms with Gasteiger partial charge in [-0.2, -0.15) is 5.10 Å². The average molecular weight is 481 g/mol. The van der Waals surface area contributed by atoms with Gasteiger partial charge in [-0.3, -0.25) is 14.3 Å². The van der Waals surface area contributed by atoms with E-state index in [1.807, 2.05) is 6.92 Å². The van der Waals surface area contributed by atoms with E-state index in [1.54, 1.807) is 42.9 Å². The zero-order chi connectivity index (χ0) is 25.3. The van der Waals surface area contributed by atoms with Crippen LogP contribution in [0.1, 0.15) is 58.2 Å². The third kappa shape index (κ3) is 4.60. The van der Waals surface area contributed by atoms with Crippen LogP contribution in [0.5, 0.6) is 0 Å². The molecule has 2 aliphatic heterocycles. The molecule has 1 amide bonds. The van der Waals surface area contributed by atoms with Gasteiger partial charge in [-0.25, -0.2) is 4.79 Å². The summed E-state index contributed by atoms with van der Waals surface area (Å²) in [4.78, 5) is 42.3. The van der Waals surface area contributed by atoms with Crippen molar-refractivity contribution >= 4 is 23.4 Å². The lowest BCUT2D eigenvalue weighted by Gasteiger charge is -2.31. The second kappa shape index (κ2) is 10.0. The molecule has 1 unspecified atom stereocenters. The zero-order valence-electron chi connectivity index (χ0n) is 20.7. The molecule has 0 radical (unpaired) electrons. The lowest BCUT2D eigenvalue weighted by Crippen LogP contribution is -2.40. The van der Waals surface area contributed by atoms with Crippen LogP contribution in [0.15, 0.2) is 29.8 Å². The lowest BCUT2D eigenvalue weighted by atomic mass is 9.94. The molecular formula is C26H32N4O5. The lowest BCUT2D eigenvalue weighted by molar-refractivity contribution is -0.140. The number of likely N-dealkylation sites (tertiary alicyclic amines) is 2. The molecule has 9 nitrogen and oxygen atoms in total. The number of aliphatic hydroxyl groups excluding tert-OH is 1. The van der Waals surface area contributed by atoms with Crippen LogP contribution in [0.2, 0.25) is 0 Å². The molecule has 2 fully saturated rings. The molecule has 186 valence electrons. The van der Waals surface area contributed by atoms with Crippen molar-refractivity contribution in [3.63, 3.8) is 0 Å². The van der Waals surface area contributed by atoms with Crippen LogP contribution in [0, 0.1) is 13.8 Å². The summed E-state index contributed by atoms with van der Waals surface area (Å²) in [6.45, 7) is 6.51. The highest BCUT2D eigenvalue weighted by Gasteiger charge is 2.46. The van der Waals surface area contributed by atoms with Crippen LogP contribution in [-0.4, -0.2) is 75.6 Å². The van der Waals surface area contributed by atoms with Crippen molar-refractivity contribution in [3.05, 3.63) is 57.9 Å². The van der Waals surface area contributed by atoms with Crippen molar-refractivity contribution < 1.29 is 24.2 Å². The number of methoxy groups -OCH3 is 1. The SMILES string of the molecule is COC(=O)c1ccc(C2/C(=C(\O)c3c(C)nn(C)c3C)C(=O)C(=O)N2CCN2CCCCC2)cc1. The zero-order valence-corrected chi connectivity index (χ0v) is 20.7. The van der Waals surface area contributed by atoms with Crippen molar-refractivity contribution in [1.29, 1.82) is 0 Å². The van der Waals surface area contributed by atoms with Crippen molar-refractivity contribution in [2.75, 3.05) is 33.3 Å². The fourth-order valence-electron chi connectivity index (χ4n) is 5.06. The highest BCUT2D eigenvalue weighted by Crippen LogP contribution is 2.40.